The average molecular weight is 461 g/mol. The number of aryl methyl sites for hydroxylation is 2. The number of para-hydroxylation sites is 1. The van der Waals surface area contributed by atoms with E-state index >= 15 is 0 Å². The molecule has 4 aromatic rings. The van der Waals surface area contributed by atoms with E-state index in [4.69, 9.17) is 4.98 Å². The summed E-state index contributed by atoms with van der Waals surface area (Å²) in [4.78, 5) is 5.45. The number of benzene rings is 3. The summed E-state index contributed by atoms with van der Waals surface area (Å²) in [6, 6.07) is 20.8. The first kappa shape index (κ1) is 21.4. The Kier molecular flexibility index (Phi) is 4.63. The van der Waals surface area contributed by atoms with Crippen LogP contribution in [0, 0.1) is 19.8 Å². The van der Waals surface area contributed by atoms with Crippen LogP contribution in [-0.2, 0) is 5.41 Å². The highest BCUT2D eigenvalue weighted by Gasteiger charge is 2.49. The van der Waals surface area contributed by atoms with Gasteiger partial charge in [0.15, 0.2) is 0 Å². The van der Waals surface area contributed by atoms with Gasteiger partial charge in [-0.1, -0.05) is 62.7 Å². The zero-order valence-electron chi connectivity index (χ0n) is 21.6. The number of nitrogens with zero attached hydrogens (tertiary/aromatic N) is 2. The van der Waals surface area contributed by atoms with Crippen LogP contribution >= 0.6 is 0 Å². The fourth-order valence-electron chi connectivity index (χ4n) is 7.48. The third-order valence-corrected chi connectivity index (χ3v) is 9.81. The van der Waals surface area contributed by atoms with Gasteiger partial charge in [-0.25, -0.2) is 4.98 Å². The summed E-state index contributed by atoms with van der Waals surface area (Å²) in [5, 5.41) is 0. The maximum absolute atomic E-state index is 5.45. The van der Waals surface area contributed by atoms with Crippen molar-refractivity contribution >= 4 is 11.0 Å². The Morgan fingerprint density at radius 2 is 1.51 bits per heavy atom. The van der Waals surface area contributed by atoms with Crippen molar-refractivity contribution in [3.8, 4) is 17.1 Å². The second-order valence-corrected chi connectivity index (χ2v) is 12.0. The van der Waals surface area contributed by atoms with Crippen molar-refractivity contribution in [1.82, 2.24) is 9.55 Å². The predicted molar refractivity (Wildman–Crippen MR) is 146 cm³/mol. The molecule has 35 heavy (non-hydrogen) atoms. The van der Waals surface area contributed by atoms with Gasteiger partial charge in [0, 0.05) is 5.56 Å². The van der Waals surface area contributed by atoms with Crippen LogP contribution in [0.2, 0.25) is 0 Å². The van der Waals surface area contributed by atoms with E-state index in [1.54, 1.807) is 11.1 Å². The molecule has 1 aromatic heterocycles. The summed E-state index contributed by atoms with van der Waals surface area (Å²) < 4.78 is 2.51. The van der Waals surface area contributed by atoms with E-state index in [9.17, 15) is 0 Å². The van der Waals surface area contributed by atoms with Crippen LogP contribution in [-0.4, -0.2) is 9.55 Å². The Bertz CT molecular complexity index is 1450. The molecule has 2 nitrogen and oxygen atoms in total. The van der Waals surface area contributed by atoms with E-state index in [0.29, 0.717) is 5.92 Å². The van der Waals surface area contributed by atoms with E-state index in [1.165, 1.54) is 72.0 Å². The van der Waals surface area contributed by atoms with Gasteiger partial charge >= 0.3 is 0 Å². The minimum Gasteiger partial charge on any atom is -0.292 e. The van der Waals surface area contributed by atoms with Crippen molar-refractivity contribution in [1.29, 1.82) is 0 Å². The number of fused-ring (bicyclic) bond motifs is 4. The van der Waals surface area contributed by atoms with E-state index in [1.807, 2.05) is 0 Å². The summed E-state index contributed by atoms with van der Waals surface area (Å²) in [5.41, 5.74) is 12.6. The largest absolute Gasteiger partial charge is 0.292 e. The number of imidazole rings is 1. The standard InChI is InChI=1S/C33H36N2/c1-20-9-7-10-21(2)31(20)35-30-18-27-24-12-8-11-23(15-16-24)26(27)17-29(30)34-32(35)25-13-5-6-14-28(25)33(4)19-22(33)3/h5-7,9-10,13-14,17-18,22-24H,8,11-12,15-16,19H2,1-4H3. The predicted octanol–water partition coefficient (Wildman–Crippen LogP) is 8.75. The first-order chi connectivity index (χ1) is 17.0. The molecule has 0 amide bonds. The van der Waals surface area contributed by atoms with Crippen LogP contribution in [0.1, 0.15) is 92.0 Å². The SMILES string of the molecule is Cc1cccc(C)c1-n1c(-c2ccccc2C2(C)CC2C)nc2cc3c(cc21)C1CCCC3CC1. The normalized spacial score (nSPS) is 27.1. The van der Waals surface area contributed by atoms with E-state index in [2.05, 4.69) is 86.9 Å². The topological polar surface area (TPSA) is 17.8 Å². The second-order valence-electron chi connectivity index (χ2n) is 12.0. The Morgan fingerprint density at radius 1 is 0.857 bits per heavy atom. The molecule has 0 saturated heterocycles. The molecule has 1 heterocycles. The Balaban J connectivity index is 1.56. The molecule has 4 unspecified atom stereocenters. The van der Waals surface area contributed by atoms with Crippen LogP contribution in [0.15, 0.2) is 54.6 Å². The van der Waals surface area contributed by atoms with Crippen molar-refractivity contribution in [3.05, 3.63) is 82.4 Å². The number of rotatable bonds is 3. The van der Waals surface area contributed by atoms with Crippen molar-refractivity contribution in [2.75, 3.05) is 0 Å². The molecule has 3 aromatic carbocycles. The quantitative estimate of drug-likeness (QED) is 0.299. The number of hydrogen-bond acceptors (Lipinski definition) is 1. The first-order valence-electron chi connectivity index (χ1n) is 13.7. The Morgan fingerprint density at radius 3 is 2.20 bits per heavy atom. The summed E-state index contributed by atoms with van der Waals surface area (Å²) in [6.45, 7) is 9.32. The maximum Gasteiger partial charge on any atom is 0.146 e. The summed E-state index contributed by atoms with van der Waals surface area (Å²) in [6.07, 6.45) is 8.02. The molecule has 4 atom stereocenters. The van der Waals surface area contributed by atoms with Gasteiger partial charge in [0.1, 0.15) is 5.82 Å². The molecule has 8 rings (SSSR count). The lowest BCUT2D eigenvalue weighted by atomic mass is 9.78. The van der Waals surface area contributed by atoms with Crippen molar-refractivity contribution in [3.63, 3.8) is 0 Å². The van der Waals surface area contributed by atoms with Crippen LogP contribution in [0.3, 0.4) is 0 Å². The van der Waals surface area contributed by atoms with Gasteiger partial charge in [-0.05, 0) is 109 Å². The summed E-state index contributed by atoms with van der Waals surface area (Å²) in [7, 11) is 0. The van der Waals surface area contributed by atoms with Gasteiger partial charge in [-0.3, -0.25) is 4.57 Å². The van der Waals surface area contributed by atoms with E-state index in [0.717, 1.165) is 23.2 Å². The van der Waals surface area contributed by atoms with Gasteiger partial charge in [0.05, 0.1) is 16.7 Å². The van der Waals surface area contributed by atoms with Gasteiger partial charge < -0.3 is 0 Å². The smallest absolute Gasteiger partial charge is 0.146 e. The number of aromatic nitrogens is 2. The third-order valence-electron chi connectivity index (χ3n) is 9.81. The molecular weight excluding hydrogens is 424 g/mol. The lowest BCUT2D eigenvalue weighted by Gasteiger charge is -2.27. The highest BCUT2D eigenvalue weighted by atomic mass is 15.1. The van der Waals surface area contributed by atoms with Gasteiger partial charge in [0.25, 0.3) is 0 Å². The molecule has 4 aliphatic rings. The number of hydrogen-bond donors (Lipinski definition) is 0. The third kappa shape index (κ3) is 3.11. The monoisotopic (exact) mass is 460 g/mol. The van der Waals surface area contributed by atoms with Gasteiger partial charge in [-0.2, -0.15) is 0 Å². The van der Waals surface area contributed by atoms with Crippen LogP contribution in [0.5, 0.6) is 0 Å². The van der Waals surface area contributed by atoms with Crippen molar-refractivity contribution < 1.29 is 0 Å². The highest BCUT2D eigenvalue weighted by Crippen LogP contribution is 2.56. The minimum atomic E-state index is 0.247. The van der Waals surface area contributed by atoms with Crippen LogP contribution < -0.4 is 0 Å². The molecule has 0 N–H and O–H groups in total. The molecular formula is C33H36N2. The van der Waals surface area contributed by atoms with E-state index in [-0.39, 0.29) is 5.41 Å². The molecule has 2 fully saturated rings. The Labute approximate surface area is 209 Å². The zero-order valence-corrected chi connectivity index (χ0v) is 21.6. The first-order valence-corrected chi connectivity index (χ1v) is 13.7. The fourth-order valence-corrected chi connectivity index (χ4v) is 7.48. The Hall–Kier alpha value is -2.87. The fraction of sp³-hybridized carbons (Fsp3) is 0.424. The molecule has 0 radical (unpaired) electrons. The van der Waals surface area contributed by atoms with Crippen LogP contribution in [0.25, 0.3) is 28.1 Å². The molecule has 2 heteroatoms. The second kappa shape index (κ2) is 7.56. The zero-order chi connectivity index (χ0) is 23.9. The molecule has 178 valence electrons. The molecule has 0 aliphatic heterocycles. The van der Waals surface area contributed by atoms with Gasteiger partial charge in [-0.15, -0.1) is 0 Å². The van der Waals surface area contributed by atoms with Crippen molar-refractivity contribution in [2.24, 2.45) is 5.92 Å². The van der Waals surface area contributed by atoms with Crippen LogP contribution in [0.4, 0.5) is 0 Å². The average Bonchev–Trinajstić information content (AvgIpc) is 3.47. The lowest BCUT2D eigenvalue weighted by Crippen LogP contribution is -2.11. The lowest BCUT2D eigenvalue weighted by molar-refractivity contribution is 0.528. The highest BCUT2D eigenvalue weighted by molar-refractivity contribution is 5.86. The van der Waals surface area contributed by atoms with Gasteiger partial charge in [0.2, 0.25) is 0 Å². The minimum absolute atomic E-state index is 0.247. The summed E-state index contributed by atoms with van der Waals surface area (Å²) >= 11 is 0. The maximum atomic E-state index is 5.45. The van der Waals surface area contributed by atoms with Crippen molar-refractivity contribution in [2.45, 2.75) is 83.5 Å². The molecule has 2 bridgehead atoms. The molecule has 0 spiro atoms. The molecule has 2 saturated carbocycles. The molecule has 4 aliphatic carbocycles. The summed E-state index contributed by atoms with van der Waals surface area (Å²) in [5.74, 6) is 3.27. The van der Waals surface area contributed by atoms with E-state index < -0.39 is 0 Å².